The first-order valence-electron chi connectivity index (χ1n) is 5.18. The quantitative estimate of drug-likeness (QED) is 0.812. The van der Waals surface area contributed by atoms with Crippen LogP contribution in [0.25, 0.3) is 0 Å². The van der Waals surface area contributed by atoms with Gasteiger partial charge in [-0.25, -0.2) is 8.78 Å². The van der Waals surface area contributed by atoms with Gasteiger partial charge in [-0.3, -0.25) is 15.1 Å². The van der Waals surface area contributed by atoms with Crippen molar-refractivity contribution in [2.24, 2.45) is 4.99 Å². The summed E-state index contributed by atoms with van der Waals surface area (Å²) in [5, 5.41) is 5.27. The number of rotatable bonds is 2. The first-order valence-corrected chi connectivity index (χ1v) is 5.18. The van der Waals surface area contributed by atoms with Crippen molar-refractivity contribution < 1.29 is 13.6 Å². The number of aliphatic imine (C=N–C) groups is 1. The molecule has 0 aromatic heterocycles. The molecule has 0 aliphatic carbocycles. The van der Waals surface area contributed by atoms with Crippen molar-refractivity contribution in [1.29, 1.82) is 0 Å². The summed E-state index contributed by atoms with van der Waals surface area (Å²) in [6.45, 7) is 2.32. The van der Waals surface area contributed by atoms with Crippen LogP contribution in [-0.2, 0) is 4.79 Å². The van der Waals surface area contributed by atoms with Gasteiger partial charge in [0.2, 0.25) is 0 Å². The maximum atomic E-state index is 13.0. The molecule has 2 rings (SSSR count). The summed E-state index contributed by atoms with van der Waals surface area (Å²) < 4.78 is 26.0. The second-order valence-corrected chi connectivity index (χ2v) is 3.59. The average Bonchev–Trinajstić information content (AvgIpc) is 2.58. The van der Waals surface area contributed by atoms with Crippen molar-refractivity contribution in [3.63, 3.8) is 0 Å². The van der Waals surface area contributed by atoms with Crippen molar-refractivity contribution in [3.8, 4) is 0 Å². The first kappa shape index (κ1) is 11.5. The molecule has 0 radical (unpaired) electrons. The van der Waals surface area contributed by atoms with Crippen LogP contribution in [0, 0.1) is 11.6 Å². The fraction of sp³-hybridized carbons (Fsp3) is 0.273. The minimum atomic E-state index is -0.800. The third-order valence-electron chi connectivity index (χ3n) is 2.32. The standard InChI is InChI=1S/C11H11F2N3O/c1-2-14-11-15-9(10(17)16-11)6-3-7(12)5-8(13)4-6/h3-5,9H,2H2,1H3,(H2,14,15,16,17). The monoisotopic (exact) mass is 239 g/mol. The molecule has 0 saturated carbocycles. The number of nitrogens with one attached hydrogen (secondary N) is 2. The normalized spacial score (nSPS) is 21.5. The van der Waals surface area contributed by atoms with Crippen LogP contribution in [-0.4, -0.2) is 18.4 Å². The number of hydrogen-bond donors (Lipinski definition) is 2. The Morgan fingerprint density at radius 2 is 1.94 bits per heavy atom. The van der Waals surface area contributed by atoms with Crippen molar-refractivity contribution in [2.45, 2.75) is 13.0 Å². The van der Waals surface area contributed by atoms with E-state index in [1.54, 1.807) is 0 Å². The summed E-state index contributed by atoms with van der Waals surface area (Å²) in [5.74, 6) is -1.47. The smallest absolute Gasteiger partial charge is 0.253 e. The fourth-order valence-corrected chi connectivity index (χ4v) is 1.65. The van der Waals surface area contributed by atoms with Crippen LogP contribution in [0.3, 0.4) is 0 Å². The van der Waals surface area contributed by atoms with Crippen LogP contribution in [0.15, 0.2) is 23.2 Å². The van der Waals surface area contributed by atoms with E-state index >= 15 is 0 Å². The van der Waals surface area contributed by atoms with Gasteiger partial charge in [0.1, 0.15) is 17.7 Å². The highest BCUT2D eigenvalue weighted by Crippen LogP contribution is 2.19. The largest absolute Gasteiger partial charge is 0.340 e. The Bertz CT molecular complexity index is 467. The third-order valence-corrected chi connectivity index (χ3v) is 2.32. The van der Waals surface area contributed by atoms with Gasteiger partial charge in [0.15, 0.2) is 5.96 Å². The molecule has 1 saturated heterocycles. The Labute approximate surface area is 96.7 Å². The molecule has 0 spiro atoms. The number of carbonyl (C=O) groups is 1. The molecule has 1 aromatic rings. The number of hydrogen-bond acceptors (Lipinski definition) is 2. The van der Waals surface area contributed by atoms with Crippen LogP contribution in [0.1, 0.15) is 18.5 Å². The summed E-state index contributed by atoms with van der Waals surface area (Å²) >= 11 is 0. The van der Waals surface area contributed by atoms with E-state index < -0.39 is 17.7 Å². The molecule has 6 heteroatoms. The predicted octanol–water partition coefficient (Wildman–Crippen LogP) is 1.10. The molecule has 1 aliphatic heterocycles. The zero-order valence-electron chi connectivity index (χ0n) is 9.13. The third kappa shape index (κ3) is 2.41. The summed E-state index contributed by atoms with van der Waals surface area (Å²) in [7, 11) is 0. The number of benzene rings is 1. The van der Waals surface area contributed by atoms with Crippen molar-refractivity contribution >= 4 is 11.9 Å². The maximum absolute atomic E-state index is 13.0. The van der Waals surface area contributed by atoms with Crippen LogP contribution in [0.4, 0.5) is 8.78 Å². The highest BCUT2D eigenvalue weighted by Gasteiger charge is 2.30. The van der Waals surface area contributed by atoms with Gasteiger partial charge in [0.05, 0.1) is 0 Å². The Morgan fingerprint density at radius 1 is 1.29 bits per heavy atom. The molecular formula is C11H11F2N3O. The Morgan fingerprint density at radius 3 is 2.53 bits per heavy atom. The summed E-state index contributed by atoms with van der Waals surface area (Å²) in [6, 6.07) is 2.20. The molecule has 1 aromatic carbocycles. The minimum Gasteiger partial charge on any atom is -0.340 e. The van der Waals surface area contributed by atoms with E-state index in [1.165, 1.54) is 0 Å². The van der Waals surface area contributed by atoms with Gasteiger partial charge in [-0.2, -0.15) is 0 Å². The summed E-state index contributed by atoms with van der Waals surface area (Å²) in [5.41, 5.74) is 0.237. The van der Waals surface area contributed by atoms with E-state index in [-0.39, 0.29) is 11.5 Å². The second kappa shape index (κ2) is 4.48. The van der Waals surface area contributed by atoms with Crippen molar-refractivity contribution in [1.82, 2.24) is 10.6 Å². The Hall–Kier alpha value is -1.98. The highest BCUT2D eigenvalue weighted by molar-refractivity contribution is 6.06. The number of carbonyl (C=O) groups excluding carboxylic acids is 1. The van der Waals surface area contributed by atoms with Gasteiger partial charge in [-0.05, 0) is 24.6 Å². The molecule has 17 heavy (non-hydrogen) atoms. The topological polar surface area (TPSA) is 53.5 Å². The molecule has 2 N–H and O–H groups in total. The van der Waals surface area contributed by atoms with Crippen LogP contribution < -0.4 is 10.6 Å². The van der Waals surface area contributed by atoms with Crippen LogP contribution >= 0.6 is 0 Å². The predicted molar refractivity (Wildman–Crippen MR) is 58.4 cm³/mol. The van der Waals surface area contributed by atoms with Crippen LogP contribution in [0.5, 0.6) is 0 Å². The molecular weight excluding hydrogens is 228 g/mol. The van der Waals surface area contributed by atoms with Gasteiger partial charge in [-0.15, -0.1) is 0 Å². The number of guanidine groups is 1. The van der Waals surface area contributed by atoms with Gasteiger partial charge in [0.25, 0.3) is 5.91 Å². The van der Waals surface area contributed by atoms with Gasteiger partial charge in [-0.1, -0.05) is 0 Å². The minimum absolute atomic E-state index is 0.237. The number of amides is 1. The van der Waals surface area contributed by atoms with Crippen molar-refractivity contribution in [2.75, 3.05) is 6.54 Å². The lowest BCUT2D eigenvalue weighted by Crippen LogP contribution is -2.25. The van der Waals surface area contributed by atoms with E-state index in [0.29, 0.717) is 12.5 Å². The molecule has 4 nitrogen and oxygen atoms in total. The molecule has 1 atom stereocenters. The zero-order chi connectivity index (χ0) is 12.4. The average molecular weight is 239 g/mol. The number of nitrogens with zero attached hydrogens (tertiary/aromatic N) is 1. The van der Waals surface area contributed by atoms with E-state index in [1.807, 2.05) is 6.92 Å². The lowest BCUT2D eigenvalue weighted by atomic mass is 10.1. The summed E-state index contributed by atoms with van der Waals surface area (Å²) in [4.78, 5) is 15.6. The Balaban J connectivity index is 2.29. The van der Waals surface area contributed by atoms with Gasteiger partial charge >= 0.3 is 0 Å². The first-order chi connectivity index (χ1) is 8.10. The summed E-state index contributed by atoms with van der Waals surface area (Å²) in [6.07, 6.45) is 0. The highest BCUT2D eigenvalue weighted by atomic mass is 19.1. The van der Waals surface area contributed by atoms with Gasteiger partial charge in [0, 0.05) is 12.6 Å². The van der Waals surface area contributed by atoms with E-state index in [4.69, 9.17) is 0 Å². The van der Waals surface area contributed by atoms with E-state index in [9.17, 15) is 13.6 Å². The SMILES string of the molecule is CCN=C1NC(=O)C(c2cc(F)cc(F)c2)N1. The zero-order valence-corrected chi connectivity index (χ0v) is 9.13. The maximum Gasteiger partial charge on any atom is 0.253 e. The lowest BCUT2D eigenvalue weighted by molar-refractivity contribution is -0.120. The van der Waals surface area contributed by atoms with Crippen LogP contribution in [0.2, 0.25) is 0 Å². The molecule has 90 valence electrons. The van der Waals surface area contributed by atoms with Gasteiger partial charge < -0.3 is 5.32 Å². The molecule has 1 fully saturated rings. The van der Waals surface area contributed by atoms with E-state index in [2.05, 4.69) is 15.6 Å². The second-order valence-electron chi connectivity index (χ2n) is 3.59. The number of halogens is 2. The molecule has 1 aliphatic rings. The molecule has 1 amide bonds. The van der Waals surface area contributed by atoms with Crippen molar-refractivity contribution in [3.05, 3.63) is 35.4 Å². The molecule has 1 unspecified atom stereocenters. The van der Waals surface area contributed by atoms with E-state index in [0.717, 1.165) is 18.2 Å². The Kier molecular flexibility index (Phi) is 3.03. The molecule has 1 heterocycles. The molecule has 0 bridgehead atoms. The lowest BCUT2D eigenvalue weighted by Gasteiger charge is -2.08. The fourth-order valence-electron chi connectivity index (χ4n) is 1.65.